The zero-order chi connectivity index (χ0) is 16.5. The summed E-state index contributed by atoms with van der Waals surface area (Å²) in [5.74, 6) is 2.10. The van der Waals surface area contributed by atoms with Crippen molar-refractivity contribution in [3.8, 4) is 5.75 Å². The molecule has 0 amide bonds. The zero-order valence-electron chi connectivity index (χ0n) is 14.4. The monoisotopic (exact) mass is 324 g/mol. The largest absolute Gasteiger partial charge is 0.495 e. The smallest absolute Gasteiger partial charge is 0.142 e. The number of aryl methyl sites for hydroxylation is 1. The van der Waals surface area contributed by atoms with Crippen LogP contribution >= 0.6 is 0 Å². The average Bonchev–Trinajstić information content (AvgIpc) is 3.10. The summed E-state index contributed by atoms with van der Waals surface area (Å²) in [7, 11) is 1.74. The molecule has 0 N–H and O–H groups in total. The fourth-order valence-corrected chi connectivity index (χ4v) is 3.97. The SMILES string of the molecule is COc1ccccc1N1CCN(c2ncnc3c2CCC3)[C@H](C)C1. The number of hydrogen-bond acceptors (Lipinski definition) is 5. The van der Waals surface area contributed by atoms with Gasteiger partial charge in [-0.2, -0.15) is 0 Å². The maximum Gasteiger partial charge on any atom is 0.142 e. The Balaban J connectivity index is 1.56. The molecule has 1 aromatic heterocycles. The molecule has 0 radical (unpaired) electrons. The van der Waals surface area contributed by atoms with Crippen molar-refractivity contribution < 1.29 is 4.74 Å². The van der Waals surface area contributed by atoms with Gasteiger partial charge in [0.15, 0.2) is 0 Å². The van der Waals surface area contributed by atoms with Crippen molar-refractivity contribution >= 4 is 11.5 Å². The third-order valence-electron chi connectivity index (χ3n) is 5.18. The molecule has 1 fully saturated rings. The molecule has 5 heteroatoms. The number of benzene rings is 1. The summed E-state index contributed by atoms with van der Waals surface area (Å²) in [5.41, 5.74) is 3.80. The van der Waals surface area contributed by atoms with Gasteiger partial charge < -0.3 is 14.5 Å². The number of fused-ring (bicyclic) bond motifs is 1. The Hall–Kier alpha value is -2.30. The van der Waals surface area contributed by atoms with E-state index >= 15 is 0 Å². The molecule has 1 aliphatic heterocycles. The van der Waals surface area contributed by atoms with Gasteiger partial charge in [0.1, 0.15) is 17.9 Å². The second-order valence-corrected chi connectivity index (χ2v) is 6.64. The second-order valence-electron chi connectivity index (χ2n) is 6.64. The molecule has 1 saturated heterocycles. The number of ether oxygens (including phenoxy) is 1. The van der Waals surface area contributed by atoms with E-state index in [1.165, 1.54) is 23.4 Å². The van der Waals surface area contributed by atoms with Crippen LogP contribution in [-0.4, -0.2) is 42.8 Å². The minimum Gasteiger partial charge on any atom is -0.495 e. The molecule has 5 nitrogen and oxygen atoms in total. The second kappa shape index (κ2) is 6.30. The number of para-hydroxylation sites is 2. The summed E-state index contributed by atoms with van der Waals surface area (Å²) in [6.07, 6.45) is 5.15. The summed E-state index contributed by atoms with van der Waals surface area (Å²) >= 11 is 0. The lowest BCUT2D eigenvalue weighted by molar-refractivity contribution is 0.412. The zero-order valence-corrected chi connectivity index (χ0v) is 14.4. The predicted molar refractivity (Wildman–Crippen MR) is 96.1 cm³/mol. The number of piperazine rings is 1. The van der Waals surface area contributed by atoms with Crippen molar-refractivity contribution in [1.29, 1.82) is 0 Å². The van der Waals surface area contributed by atoms with Gasteiger partial charge in [0.05, 0.1) is 12.8 Å². The van der Waals surface area contributed by atoms with E-state index in [2.05, 4.69) is 38.8 Å². The molecule has 1 aromatic carbocycles. The van der Waals surface area contributed by atoms with Gasteiger partial charge in [-0.25, -0.2) is 9.97 Å². The summed E-state index contributed by atoms with van der Waals surface area (Å²) in [6.45, 7) is 5.20. The van der Waals surface area contributed by atoms with E-state index in [0.717, 1.165) is 44.0 Å². The molecule has 126 valence electrons. The lowest BCUT2D eigenvalue weighted by Gasteiger charge is -2.42. The molecule has 0 spiro atoms. The minimum atomic E-state index is 0.406. The Morgan fingerprint density at radius 3 is 2.83 bits per heavy atom. The first-order chi connectivity index (χ1) is 11.8. The highest BCUT2D eigenvalue weighted by molar-refractivity contribution is 5.60. The Kier molecular flexibility index (Phi) is 4.00. The quantitative estimate of drug-likeness (QED) is 0.868. The van der Waals surface area contributed by atoms with E-state index in [-0.39, 0.29) is 0 Å². The molecule has 1 atom stereocenters. The summed E-state index contributed by atoms with van der Waals surface area (Å²) < 4.78 is 5.53. The van der Waals surface area contributed by atoms with Crippen LogP contribution in [0.5, 0.6) is 5.75 Å². The third-order valence-corrected chi connectivity index (χ3v) is 5.18. The van der Waals surface area contributed by atoms with Crippen molar-refractivity contribution in [2.75, 3.05) is 36.5 Å². The van der Waals surface area contributed by atoms with Crippen LogP contribution in [0.3, 0.4) is 0 Å². The van der Waals surface area contributed by atoms with Crippen LogP contribution in [0.1, 0.15) is 24.6 Å². The van der Waals surface area contributed by atoms with E-state index in [9.17, 15) is 0 Å². The van der Waals surface area contributed by atoms with Crippen molar-refractivity contribution in [2.24, 2.45) is 0 Å². The Morgan fingerprint density at radius 1 is 1.12 bits per heavy atom. The van der Waals surface area contributed by atoms with Crippen molar-refractivity contribution in [3.05, 3.63) is 41.9 Å². The average molecular weight is 324 g/mol. The van der Waals surface area contributed by atoms with Gasteiger partial charge in [-0.1, -0.05) is 12.1 Å². The molecular formula is C19H24N4O. The normalized spacial score (nSPS) is 20.2. The predicted octanol–water partition coefficient (Wildman–Crippen LogP) is 2.69. The summed E-state index contributed by atoms with van der Waals surface area (Å²) in [5, 5.41) is 0. The van der Waals surface area contributed by atoms with Crippen LogP contribution < -0.4 is 14.5 Å². The van der Waals surface area contributed by atoms with Crippen molar-refractivity contribution in [3.63, 3.8) is 0 Å². The maximum absolute atomic E-state index is 5.53. The Bertz CT molecular complexity index is 733. The molecule has 4 rings (SSSR count). The Morgan fingerprint density at radius 2 is 2.00 bits per heavy atom. The van der Waals surface area contributed by atoms with Gasteiger partial charge in [-0.15, -0.1) is 0 Å². The van der Waals surface area contributed by atoms with Crippen molar-refractivity contribution in [1.82, 2.24) is 9.97 Å². The van der Waals surface area contributed by atoms with Gasteiger partial charge in [-0.05, 0) is 38.3 Å². The number of methoxy groups -OCH3 is 1. The van der Waals surface area contributed by atoms with Crippen LogP contribution in [0.15, 0.2) is 30.6 Å². The van der Waals surface area contributed by atoms with Crippen molar-refractivity contribution in [2.45, 2.75) is 32.2 Å². The van der Waals surface area contributed by atoms with Gasteiger partial charge in [-0.3, -0.25) is 0 Å². The third kappa shape index (κ3) is 2.58. The maximum atomic E-state index is 5.53. The molecule has 0 unspecified atom stereocenters. The van der Waals surface area contributed by atoms with Crippen LogP contribution in [0.25, 0.3) is 0 Å². The van der Waals surface area contributed by atoms with E-state index in [0.29, 0.717) is 6.04 Å². The number of nitrogens with zero attached hydrogens (tertiary/aromatic N) is 4. The Labute approximate surface area is 143 Å². The minimum absolute atomic E-state index is 0.406. The molecule has 2 heterocycles. The number of anilines is 2. The standard InChI is InChI=1S/C19H24N4O/c1-14-12-22(17-8-3-4-9-18(17)24-2)10-11-23(14)19-15-6-5-7-16(15)20-13-21-19/h3-4,8-9,13-14H,5-7,10-12H2,1-2H3/t14-/m1/s1. The molecule has 0 saturated carbocycles. The van der Waals surface area contributed by atoms with Gasteiger partial charge in [0.2, 0.25) is 0 Å². The van der Waals surface area contributed by atoms with Crippen LogP contribution in [-0.2, 0) is 12.8 Å². The highest BCUT2D eigenvalue weighted by Gasteiger charge is 2.29. The lowest BCUT2D eigenvalue weighted by atomic mass is 10.1. The highest BCUT2D eigenvalue weighted by Crippen LogP contribution is 2.33. The van der Waals surface area contributed by atoms with Gasteiger partial charge in [0, 0.05) is 36.9 Å². The first kappa shape index (κ1) is 15.2. The fraction of sp³-hybridized carbons (Fsp3) is 0.474. The van der Waals surface area contributed by atoms with Gasteiger partial charge >= 0.3 is 0 Å². The van der Waals surface area contributed by atoms with Crippen LogP contribution in [0, 0.1) is 0 Å². The summed E-state index contributed by atoms with van der Waals surface area (Å²) in [6, 6.07) is 8.68. The molecule has 24 heavy (non-hydrogen) atoms. The fourth-order valence-electron chi connectivity index (χ4n) is 3.97. The molecule has 2 aromatic rings. The topological polar surface area (TPSA) is 41.5 Å². The van der Waals surface area contributed by atoms with Crippen LogP contribution in [0.4, 0.5) is 11.5 Å². The van der Waals surface area contributed by atoms with E-state index in [1.807, 2.05) is 12.1 Å². The lowest BCUT2D eigenvalue weighted by Crippen LogP contribution is -2.52. The molecule has 0 bridgehead atoms. The summed E-state index contributed by atoms with van der Waals surface area (Å²) in [4.78, 5) is 14.0. The van der Waals surface area contributed by atoms with Crippen LogP contribution in [0.2, 0.25) is 0 Å². The van der Waals surface area contributed by atoms with Gasteiger partial charge in [0.25, 0.3) is 0 Å². The molecular weight excluding hydrogens is 300 g/mol. The van der Waals surface area contributed by atoms with E-state index < -0.39 is 0 Å². The first-order valence-corrected chi connectivity index (χ1v) is 8.75. The number of rotatable bonds is 3. The first-order valence-electron chi connectivity index (χ1n) is 8.75. The molecule has 2 aliphatic rings. The highest BCUT2D eigenvalue weighted by atomic mass is 16.5. The van der Waals surface area contributed by atoms with E-state index in [4.69, 9.17) is 4.74 Å². The number of aromatic nitrogens is 2. The van der Waals surface area contributed by atoms with E-state index in [1.54, 1.807) is 13.4 Å². The molecule has 1 aliphatic carbocycles. The number of hydrogen-bond donors (Lipinski definition) is 0.